The highest BCUT2D eigenvalue weighted by atomic mass is 16.2. The summed E-state index contributed by atoms with van der Waals surface area (Å²) in [6.45, 7) is 3.98. The summed E-state index contributed by atoms with van der Waals surface area (Å²) in [6, 6.07) is 15.5. The van der Waals surface area contributed by atoms with Crippen molar-refractivity contribution in [3.63, 3.8) is 0 Å². The van der Waals surface area contributed by atoms with Gasteiger partial charge in [0, 0.05) is 11.6 Å². The number of anilines is 1. The molecule has 0 heterocycles. The van der Waals surface area contributed by atoms with Crippen molar-refractivity contribution in [2.24, 2.45) is 5.92 Å². The smallest absolute Gasteiger partial charge is 0.227 e. The van der Waals surface area contributed by atoms with Gasteiger partial charge in [-0.05, 0) is 55.5 Å². The van der Waals surface area contributed by atoms with Gasteiger partial charge in [-0.2, -0.15) is 0 Å². The van der Waals surface area contributed by atoms with Crippen molar-refractivity contribution in [2.75, 3.05) is 5.32 Å². The van der Waals surface area contributed by atoms with Crippen LogP contribution >= 0.6 is 0 Å². The van der Waals surface area contributed by atoms with Gasteiger partial charge in [0.05, 0.1) is 12.5 Å². The fraction of sp³-hybridized carbons (Fsp3) is 0.333. The third-order valence-corrected chi connectivity index (χ3v) is 4.62. The Morgan fingerprint density at radius 3 is 2.40 bits per heavy atom. The van der Waals surface area contributed by atoms with E-state index in [1.807, 2.05) is 62.4 Å². The lowest BCUT2D eigenvalue weighted by molar-refractivity contribution is -0.121. The Hall–Kier alpha value is -2.62. The molecular formula is C21H24N2O2. The predicted molar refractivity (Wildman–Crippen MR) is 99.2 cm³/mol. The van der Waals surface area contributed by atoms with Crippen molar-refractivity contribution in [1.82, 2.24) is 5.32 Å². The van der Waals surface area contributed by atoms with Gasteiger partial charge in [0.15, 0.2) is 0 Å². The molecule has 2 aromatic rings. The number of hydrogen-bond donors (Lipinski definition) is 2. The Bertz CT molecular complexity index is 764. The maximum atomic E-state index is 12.3. The van der Waals surface area contributed by atoms with Crippen LogP contribution in [0.3, 0.4) is 0 Å². The molecule has 130 valence electrons. The number of hydrogen-bond acceptors (Lipinski definition) is 2. The van der Waals surface area contributed by atoms with E-state index >= 15 is 0 Å². The summed E-state index contributed by atoms with van der Waals surface area (Å²) in [7, 11) is 0. The molecule has 2 aromatic carbocycles. The van der Waals surface area contributed by atoms with Gasteiger partial charge in [-0.1, -0.05) is 36.4 Å². The van der Waals surface area contributed by atoms with Gasteiger partial charge in [-0.25, -0.2) is 0 Å². The first-order valence-electron chi connectivity index (χ1n) is 8.77. The van der Waals surface area contributed by atoms with Crippen LogP contribution in [0.25, 0.3) is 0 Å². The number of carbonyl (C=O) groups excluding carboxylic acids is 2. The molecule has 1 unspecified atom stereocenters. The van der Waals surface area contributed by atoms with Crippen LogP contribution in [-0.2, 0) is 16.0 Å². The van der Waals surface area contributed by atoms with E-state index in [1.165, 1.54) is 0 Å². The molecule has 0 spiro atoms. The average Bonchev–Trinajstić information content (AvgIpc) is 3.42. The van der Waals surface area contributed by atoms with E-state index in [9.17, 15) is 9.59 Å². The van der Waals surface area contributed by atoms with Crippen molar-refractivity contribution in [3.05, 3.63) is 65.2 Å². The van der Waals surface area contributed by atoms with Gasteiger partial charge >= 0.3 is 0 Å². The predicted octanol–water partition coefficient (Wildman–Crippen LogP) is 3.76. The van der Waals surface area contributed by atoms with Crippen molar-refractivity contribution in [2.45, 2.75) is 39.2 Å². The Balaban J connectivity index is 1.55. The molecule has 0 aliphatic heterocycles. The minimum absolute atomic E-state index is 0.00733. The molecule has 2 amide bonds. The molecule has 1 fully saturated rings. The molecule has 0 bridgehead atoms. The summed E-state index contributed by atoms with van der Waals surface area (Å²) in [5, 5.41) is 5.96. The minimum Gasteiger partial charge on any atom is -0.349 e. The second-order valence-corrected chi connectivity index (χ2v) is 6.78. The van der Waals surface area contributed by atoms with Gasteiger partial charge in [0.1, 0.15) is 0 Å². The van der Waals surface area contributed by atoms with E-state index in [4.69, 9.17) is 0 Å². The molecule has 2 N–H and O–H groups in total. The summed E-state index contributed by atoms with van der Waals surface area (Å²) in [5.41, 5.74) is 3.99. The summed E-state index contributed by atoms with van der Waals surface area (Å²) >= 11 is 0. The van der Waals surface area contributed by atoms with E-state index < -0.39 is 0 Å². The molecule has 0 saturated heterocycles. The Labute approximate surface area is 148 Å². The van der Waals surface area contributed by atoms with Crippen molar-refractivity contribution in [3.8, 4) is 0 Å². The quantitative estimate of drug-likeness (QED) is 0.844. The fourth-order valence-corrected chi connectivity index (χ4v) is 2.80. The van der Waals surface area contributed by atoms with Gasteiger partial charge in [-0.15, -0.1) is 0 Å². The molecule has 4 heteroatoms. The zero-order valence-electron chi connectivity index (χ0n) is 14.7. The lowest BCUT2D eigenvalue weighted by Crippen LogP contribution is -2.28. The minimum atomic E-state index is -0.0790. The number of carbonyl (C=O) groups is 2. The third-order valence-electron chi connectivity index (χ3n) is 4.62. The SMILES string of the molecule is Cc1ccccc1CC(=O)NC(C)c1ccc(NC(=O)C2CC2)cc1. The Morgan fingerprint density at radius 1 is 1.08 bits per heavy atom. The molecule has 1 aliphatic rings. The van der Waals surface area contributed by atoms with Gasteiger partial charge in [0.25, 0.3) is 0 Å². The first-order valence-corrected chi connectivity index (χ1v) is 8.77. The summed E-state index contributed by atoms with van der Waals surface area (Å²) < 4.78 is 0. The number of aryl methyl sites for hydroxylation is 1. The fourth-order valence-electron chi connectivity index (χ4n) is 2.80. The number of amides is 2. The monoisotopic (exact) mass is 336 g/mol. The van der Waals surface area contributed by atoms with Crippen LogP contribution in [0, 0.1) is 12.8 Å². The lowest BCUT2D eigenvalue weighted by Gasteiger charge is -2.15. The van der Waals surface area contributed by atoms with Crippen LogP contribution in [-0.4, -0.2) is 11.8 Å². The Kier molecular flexibility index (Phi) is 5.17. The average molecular weight is 336 g/mol. The second-order valence-electron chi connectivity index (χ2n) is 6.78. The Morgan fingerprint density at radius 2 is 1.76 bits per heavy atom. The topological polar surface area (TPSA) is 58.2 Å². The van der Waals surface area contributed by atoms with Crippen LogP contribution in [0.5, 0.6) is 0 Å². The maximum absolute atomic E-state index is 12.3. The molecule has 3 rings (SSSR count). The van der Waals surface area contributed by atoms with E-state index in [0.717, 1.165) is 35.2 Å². The second kappa shape index (κ2) is 7.51. The van der Waals surface area contributed by atoms with Crippen molar-refractivity contribution in [1.29, 1.82) is 0 Å². The zero-order chi connectivity index (χ0) is 17.8. The van der Waals surface area contributed by atoms with Crippen molar-refractivity contribution < 1.29 is 9.59 Å². The van der Waals surface area contributed by atoms with Crippen LogP contribution < -0.4 is 10.6 Å². The summed E-state index contributed by atoms with van der Waals surface area (Å²) in [6.07, 6.45) is 2.37. The van der Waals surface area contributed by atoms with Gasteiger partial charge < -0.3 is 10.6 Å². The maximum Gasteiger partial charge on any atom is 0.227 e. The highest BCUT2D eigenvalue weighted by molar-refractivity contribution is 5.94. The normalized spacial score (nSPS) is 14.6. The molecular weight excluding hydrogens is 312 g/mol. The summed E-state index contributed by atoms with van der Waals surface area (Å²) in [5.74, 6) is 0.305. The molecule has 25 heavy (non-hydrogen) atoms. The van der Waals surface area contributed by atoms with Gasteiger partial charge in [0.2, 0.25) is 11.8 Å². The number of benzene rings is 2. The highest BCUT2D eigenvalue weighted by Crippen LogP contribution is 2.30. The first-order chi connectivity index (χ1) is 12.0. The van der Waals surface area contributed by atoms with E-state index in [2.05, 4.69) is 10.6 Å². The van der Waals surface area contributed by atoms with Crippen LogP contribution in [0.4, 0.5) is 5.69 Å². The van der Waals surface area contributed by atoms with E-state index in [0.29, 0.717) is 6.42 Å². The van der Waals surface area contributed by atoms with Crippen LogP contribution in [0.2, 0.25) is 0 Å². The molecule has 0 radical (unpaired) electrons. The molecule has 1 aliphatic carbocycles. The highest BCUT2D eigenvalue weighted by Gasteiger charge is 2.29. The summed E-state index contributed by atoms with van der Waals surface area (Å²) in [4.78, 5) is 24.0. The number of nitrogens with one attached hydrogen (secondary N) is 2. The molecule has 1 saturated carbocycles. The lowest BCUT2D eigenvalue weighted by atomic mass is 10.0. The first kappa shape index (κ1) is 17.2. The number of rotatable bonds is 6. The standard InChI is InChI=1S/C21H24N2O2/c1-14-5-3-4-6-18(14)13-20(24)22-15(2)16-9-11-19(12-10-16)23-21(25)17-7-8-17/h3-6,9-12,15,17H,7-8,13H2,1-2H3,(H,22,24)(H,23,25). The van der Waals surface area contributed by atoms with Crippen LogP contribution in [0.1, 0.15) is 42.5 Å². The molecule has 0 aromatic heterocycles. The van der Waals surface area contributed by atoms with E-state index in [1.54, 1.807) is 0 Å². The third kappa shape index (κ3) is 4.69. The van der Waals surface area contributed by atoms with Crippen LogP contribution in [0.15, 0.2) is 48.5 Å². The molecule has 4 nitrogen and oxygen atoms in total. The molecule has 1 atom stereocenters. The largest absolute Gasteiger partial charge is 0.349 e. The van der Waals surface area contributed by atoms with Gasteiger partial charge in [-0.3, -0.25) is 9.59 Å². The van der Waals surface area contributed by atoms with E-state index in [-0.39, 0.29) is 23.8 Å². The zero-order valence-corrected chi connectivity index (χ0v) is 14.7. The van der Waals surface area contributed by atoms with Crippen molar-refractivity contribution >= 4 is 17.5 Å².